The summed E-state index contributed by atoms with van der Waals surface area (Å²) in [5, 5.41) is 3.14. The summed E-state index contributed by atoms with van der Waals surface area (Å²) in [6.45, 7) is 0.712. The SMILES string of the molecule is COCCSc1ccc(NC(=O)c2ccncc2Cl)cc1. The van der Waals surface area contributed by atoms with Crippen LogP contribution in [0.2, 0.25) is 5.02 Å². The number of hydrogen-bond acceptors (Lipinski definition) is 4. The van der Waals surface area contributed by atoms with Gasteiger partial charge in [0.25, 0.3) is 5.91 Å². The minimum atomic E-state index is -0.248. The van der Waals surface area contributed by atoms with Crippen LogP contribution in [0.25, 0.3) is 0 Å². The van der Waals surface area contributed by atoms with Crippen LogP contribution in [0.15, 0.2) is 47.6 Å². The number of thioether (sulfide) groups is 1. The van der Waals surface area contributed by atoms with E-state index in [0.29, 0.717) is 17.2 Å². The highest BCUT2D eigenvalue weighted by molar-refractivity contribution is 7.99. The van der Waals surface area contributed by atoms with Crippen LogP contribution >= 0.6 is 23.4 Å². The molecule has 0 spiro atoms. The Morgan fingerprint density at radius 1 is 1.33 bits per heavy atom. The van der Waals surface area contributed by atoms with Crippen molar-refractivity contribution in [3.8, 4) is 0 Å². The van der Waals surface area contributed by atoms with Crippen molar-refractivity contribution in [1.82, 2.24) is 4.98 Å². The van der Waals surface area contributed by atoms with Gasteiger partial charge < -0.3 is 10.1 Å². The summed E-state index contributed by atoms with van der Waals surface area (Å²) in [4.78, 5) is 17.1. The molecule has 1 heterocycles. The molecular weight excluding hydrogens is 308 g/mol. The van der Waals surface area contributed by atoms with E-state index in [2.05, 4.69) is 10.3 Å². The first-order chi connectivity index (χ1) is 10.2. The number of rotatable bonds is 6. The minimum Gasteiger partial charge on any atom is -0.384 e. The van der Waals surface area contributed by atoms with Gasteiger partial charge in [0.05, 0.1) is 17.2 Å². The predicted molar refractivity (Wildman–Crippen MR) is 86.2 cm³/mol. The largest absolute Gasteiger partial charge is 0.384 e. The lowest BCUT2D eigenvalue weighted by atomic mass is 10.2. The van der Waals surface area contributed by atoms with Gasteiger partial charge in [0.1, 0.15) is 0 Å². The number of hydrogen-bond donors (Lipinski definition) is 1. The molecule has 0 aliphatic rings. The van der Waals surface area contributed by atoms with Crippen molar-refractivity contribution in [3.05, 3.63) is 53.3 Å². The topological polar surface area (TPSA) is 51.2 Å². The van der Waals surface area contributed by atoms with Crippen LogP contribution in [0.5, 0.6) is 0 Å². The van der Waals surface area contributed by atoms with Crippen molar-refractivity contribution in [1.29, 1.82) is 0 Å². The maximum atomic E-state index is 12.1. The number of carbonyl (C=O) groups excluding carboxylic acids is 1. The highest BCUT2D eigenvalue weighted by Gasteiger charge is 2.10. The molecule has 21 heavy (non-hydrogen) atoms. The van der Waals surface area contributed by atoms with Crippen LogP contribution in [-0.4, -0.2) is 30.4 Å². The third kappa shape index (κ3) is 4.74. The van der Waals surface area contributed by atoms with E-state index < -0.39 is 0 Å². The molecule has 2 rings (SSSR count). The van der Waals surface area contributed by atoms with E-state index in [1.165, 1.54) is 12.4 Å². The smallest absolute Gasteiger partial charge is 0.257 e. The molecule has 2 aromatic rings. The van der Waals surface area contributed by atoms with Gasteiger partial charge in [-0.15, -0.1) is 11.8 Å². The highest BCUT2D eigenvalue weighted by atomic mass is 35.5. The zero-order valence-electron chi connectivity index (χ0n) is 11.5. The molecule has 0 fully saturated rings. The molecule has 0 saturated heterocycles. The molecule has 1 aromatic carbocycles. The number of halogens is 1. The Morgan fingerprint density at radius 3 is 2.76 bits per heavy atom. The zero-order chi connectivity index (χ0) is 15.1. The van der Waals surface area contributed by atoms with Crippen molar-refractivity contribution in [2.75, 3.05) is 24.8 Å². The second-order valence-corrected chi connectivity index (χ2v) is 5.75. The number of nitrogens with one attached hydrogen (secondary N) is 1. The summed E-state index contributed by atoms with van der Waals surface area (Å²) >= 11 is 7.65. The molecule has 0 aliphatic carbocycles. The second-order valence-electron chi connectivity index (χ2n) is 4.18. The Bertz CT molecular complexity index is 605. The van der Waals surface area contributed by atoms with Crippen LogP contribution in [0.1, 0.15) is 10.4 Å². The van der Waals surface area contributed by atoms with Crippen molar-refractivity contribution in [2.24, 2.45) is 0 Å². The number of amides is 1. The first kappa shape index (κ1) is 15.8. The van der Waals surface area contributed by atoms with E-state index in [9.17, 15) is 4.79 Å². The molecule has 1 aromatic heterocycles. The lowest BCUT2D eigenvalue weighted by Gasteiger charge is -2.07. The van der Waals surface area contributed by atoms with E-state index in [-0.39, 0.29) is 5.91 Å². The number of carbonyl (C=O) groups is 1. The van der Waals surface area contributed by atoms with E-state index in [1.807, 2.05) is 24.3 Å². The van der Waals surface area contributed by atoms with Crippen LogP contribution < -0.4 is 5.32 Å². The van der Waals surface area contributed by atoms with Crippen LogP contribution in [0.4, 0.5) is 5.69 Å². The van der Waals surface area contributed by atoms with Gasteiger partial charge >= 0.3 is 0 Å². The number of ether oxygens (including phenoxy) is 1. The average molecular weight is 323 g/mol. The minimum absolute atomic E-state index is 0.248. The Kier molecular flexibility index (Phi) is 6.04. The lowest BCUT2D eigenvalue weighted by Crippen LogP contribution is -2.12. The number of anilines is 1. The number of nitrogens with zero attached hydrogens (tertiary/aromatic N) is 1. The van der Waals surface area contributed by atoms with E-state index in [1.54, 1.807) is 24.9 Å². The quantitative estimate of drug-likeness (QED) is 0.650. The number of aromatic nitrogens is 1. The molecule has 0 aliphatic heterocycles. The summed E-state index contributed by atoms with van der Waals surface area (Å²) < 4.78 is 5.00. The number of benzene rings is 1. The van der Waals surface area contributed by atoms with Gasteiger partial charge in [-0.3, -0.25) is 9.78 Å². The Hall–Kier alpha value is -1.56. The van der Waals surface area contributed by atoms with Crippen LogP contribution in [0.3, 0.4) is 0 Å². The lowest BCUT2D eigenvalue weighted by molar-refractivity contribution is 0.102. The van der Waals surface area contributed by atoms with Crippen molar-refractivity contribution in [2.45, 2.75) is 4.90 Å². The fourth-order valence-corrected chi connectivity index (χ4v) is 2.65. The molecule has 6 heteroatoms. The summed E-state index contributed by atoms with van der Waals surface area (Å²) in [7, 11) is 1.68. The Labute approximate surface area is 132 Å². The first-order valence-corrected chi connectivity index (χ1v) is 7.69. The molecule has 1 N–H and O–H groups in total. The first-order valence-electron chi connectivity index (χ1n) is 6.33. The van der Waals surface area contributed by atoms with Gasteiger partial charge in [-0.2, -0.15) is 0 Å². The standard InChI is InChI=1S/C15H15ClN2O2S/c1-20-8-9-21-12-4-2-11(3-5-12)18-15(19)13-6-7-17-10-14(13)16/h2-7,10H,8-9H2,1H3,(H,18,19). The van der Waals surface area contributed by atoms with E-state index in [4.69, 9.17) is 16.3 Å². The molecule has 4 nitrogen and oxygen atoms in total. The van der Waals surface area contributed by atoms with Gasteiger partial charge in [-0.05, 0) is 30.3 Å². The summed E-state index contributed by atoms with van der Waals surface area (Å²) in [6.07, 6.45) is 2.99. The molecule has 0 saturated carbocycles. The fraction of sp³-hybridized carbons (Fsp3) is 0.200. The zero-order valence-corrected chi connectivity index (χ0v) is 13.1. The van der Waals surface area contributed by atoms with Gasteiger partial charge in [0.2, 0.25) is 0 Å². The van der Waals surface area contributed by atoms with Gasteiger partial charge in [-0.1, -0.05) is 11.6 Å². The van der Waals surface area contributed by atoms with Gasteiger partial charge in [-0.25, -0.2) is 0 Å². The Balaban J connectivity index is 1.97. The highest BCUT2D eigenvalue weighted by Crippen LogP contribution is 2.21. The average Bonchev–Trinajstić information content (AvgIpc) is 2.49. The van der Waals surface area contributed by atoms with Crippen LogP contribution in [0, 0.1) is 0 Å². The molecule has 0 unspecified atom stereocenters. The van der Waals surface area contributed by atoms with E-state index >= 15 is 0 Å². The molecule has 0 radical (unpaired) electrons. The molecule has 110 valence electrons. The summed E-state index contributed by atoms with van der Waals surface area (Å²) in [6, 6.07) is 9.24. The third-order valence-electron chi connectivity index (χ3n) is 2.69. The maximum Gasteiger partial charge on any atom is 0.257 e. The molecular formula is C15H15ClN2O2S. The fourth-order valence-electron chi connectivity index (χ4n) is 1.64. The van der Waals surface area contributed by atoms with Crippen molar-refractivity contribution >= 4 is 35.0 Å². The third-order valence-corrected chi connectivity index (χ3v) is 3.96. The van der Waals surface area contributed by atoms with Crippen molar-refractivity contribution in [3.63, 3.8) is 0 Å². The van der Waals surface area contributed by atoms with Gasteiger partial charge in [0.15, 0.2) is 0 Å². The van der Waals surface area contributed by atoms with Crippen LogP contribution in [-0.2, 0) is 4.74 Å². The molecule has 0 bridgehead atoms. The Morgan fingerprint density at radius 2 is 2.10 bits per heavy atom. The summed E-state index contributed by atoms with van der Waals surface area (Å²) in [5.41, 5.74) is 1.13. The molecule has 0 atom stereocenters. The predicted octanol–water partition coefficient (Wildman–Crippen LogP) is 3.73. The van der Waals surface area contributed by atoms with E-state index in [0.717, 1.165) is 16.3 Å². The molecule has 1 amide bonds. The number of pyridine rings is 1. The second kappa shape index (κ2) is 8.02. The number of methoxy groups -OCH3 is 1. The summed E-state index contributed by atoms with van der Waals surface area (Å²) in [5.74, 6) is 0.650. The monoisotopic (exact) mass is 322 g/mol. The maximum absolute atomic E-state index is 12.1. The normalized spacial score (nSPS) is 10.4. The van der Waals surface area contributed by atoms with Crippen molar-refractivity contribution < 1.29 is 9.53 Å². The van der Waals surface area contributed by atoms with Gasteiger partial charge in [0, 0.05) is 35.8 Å².